The van der Waals surface area contributed by atoms with Gasteiger partial charge in [-0.2, -0.15) is 0 Å². The number of aryl methyl sites for hydroxylation is 1. The van der Waals surface area contributed by atoms with Crippen molar-refractivity contribution in [1.29, 1.82) is 0 Å². The first-order chi connectivity index (χ1) is 8.08. The molecule has 1 atom stereocenters. The van der Waals surface area contributed by atoms with Crippen LogP contribution in [-0.2, 0) is 4.57 Å². The van der Waals surface area contributed by atoms with E-state index < -0.39 is 7.60 Å². The topological polar surface area (TPSA) is 46.5 Å². The van der Waals surface area contributed by atoms with Gasteiger partial charge in [0.1, 0.15) is 5.75 Å². The lowest BCUT2D eigenvalue weighted by Crippen LogP contribution is -2.16. The minimum Gasteiger partial charge on any atom is -0.421 e. The molecule has 3 rings (SSSR count). The van der Waals surface area contributed by atoms with Gasteiger partial charge in [0, 0.05) is 11.1 Å². The molecule has 1 unspecified atom stereocenters. The Morgan fingerprint density at radius 2 is 1.88 bits per heavy atom. The Bertz CT molecular complexity index is 649. The van der Waals surface area contributed by atoms with E-state index in [1.165, 1.54) is 0 Å². The Kier molecular flexibility index (Phi) is 2.15. The first kappa shape index (κ1) is 10.6. The fraction of sp³-hybridized carbons (Fsp3) is 0.0769. The molecule has 0 spiro atoms. The number of benzene rings is 2. The van der Waals surface area contributed by atoms with Crippen molar-refractivity contribution in [1.82, 2.24) is 0 Å². The summed E-state index contributed by atoms with van der Waals surface area (Å²) in [5.41, 5.74) is 2.65. The van der Waals surface area contributed by atoms with E-state index in [0.29, 0.717) is 11.1 Å². The first-order valence-electron chi connectivity index (χ1n) is 5.31. The Balaban J connectivity index is 2.35. The number of hydrogen-bond donors (Lipinski definition) is 1. The standard InChI is InChI=1S/C13H11O3P/c1-9-6-7-10-11-4-2-3-5-13(11)17(14,15)16-12(10)8-9/h2-8H,1H3,(H,14,15). The summed E-state index contributed by atoms with van der Waals surface area (Å²) in [4.78, 5) is 9.90. The van der Waals surface area contributed by atoms with E-state index in [0.717, 1.165) is 16.7 Å². The molecule has 0 aliphatic carbocycles. The largest absolute Gasteiger partial charge is 0.421 e. The van der Waals surface area contributed by atoms with Gasteiger partial charge in [-0.05, 0) is 24.6 Å². The van der Waals surface area contributed by atoms with E-state index in [4.69, 9.17) is 4.52 Å². The molecule has 1 N–H and O–H groups in total. The molecular weight excluding hydrogens is 235 g/mol. The smallest absolute Gasteiger partial charge is 0.408 e. The van der Waals surface area contributed by atoms with E-state index in [2.05, 4.69) is 0 Å². The molecule has 0 saturated heterocycles. The maximum Gasteiger partial charge on any atom is 0.408 e. The van der Waals surface area contributed by atoms with Crippen molar-refractivity contribution >= 4 is 12.9 Å². The molecule has 2 aromatic carbocycles. The van der Waals surface area contributed by atoms with Gasteiger partial charge >= 0.3 is 7.60 Å². The fourth-order valence-electron chi connectivity index (χ4n) is 2.06. The summed E-state index contributed by atoms with van der Waals surface area (Å²) >= 11 is 0. The molecular formula is C13H11O3P. The van der Waals surface area contributed by atoms with Crippen LogP contribution in [0.5, 0.6) is 5.75 Å². The molecule has 1 aliphatic heterocycles. The van der Waals surface area contributed by atoms with Gasteiger partial charge in [-0.15, -0.1) is 0 Å². The van der Waals surface area contributed by atoms with Crippen LogP contribution >= 0.6 is 7.60 Å². The van der Waals surface area contributed by atoms with Crippen molar-refractivity contribution in [3.8, 4) is 16.9 Å². The maximum absolute atomic E-state index is 12.1. The van der Waals surface area contributed by atoms with Gasteiger partial charge in [0.05, 0.1) is 5.30 Å². The molecule has 1 aliphatic rings. The summed E-state index contributed by atoms with van der Waals surface area (Å²) < 4.78 is 17.3. The Morgan fingerprint density at radius 3 is 2.71 bits per heavy atom. The van der Waals surface area contributed by atoms with Crippen LogP contribution in [0.15, 0.2) is 42.5 Å². The highest BCUT2D eigenvalue weighted by atomic mass is 31.2. The molecule has 4 heteroatoms. The predicted octanol–water partition coefficient (Wildman–Crippen LogP) is 2.87. The summed E-state index contributed by atoms with van der Waals surface area (Å²) in [5.74, 6) is 0.481. The molecule has 0 amide bonds. The summed E-state index contributed by atoms with van der Waals surface area (Å²) in [6.45, 7) is 1.92. The third-order valence-corrected chi connectivity index (χ3v) is 4.30. The van der Waals surface area contributed by atoms with Gasteiger partial charge in [-0.3, -0.25) is 0 Å². The van der Waals surface area contributed by atoms with E-state index in [1.54, 1.807) is 18.2 Å². The molecule has 0 radical (unpaired) electrons. The highest BCUT2D eigenvalue weighted by molar-refractivity contribution is 7.62. The minimum atomic E-state index is -3.73. The molecule has 2 aromatic rings. The second-order valence-corrected chi connectivity index (χ2v) is 5.83. The van der Waals surface area contributed by atoms with Crippen molar-refractivity contribution in [2.24, 2.45) is 0 Å². The molecule has 0 bridgehead atoms. The summed E-state index contributed by atoms with van der Waals surface area (Å²) in [7, 11) is -3.73. The lowest BCUT2D eigenvalue weighted by atomic mass is 10.0. The zero-order chi connectivity index (χ0) is 12.0. The zero-order valence-corrected chi connectivity index (χ0v) is 10.1. The highest BCUT2D eigenvalue weighted by Gasteiger charge is 2.33. The van der Waals surface area contributed by atoms with Crippen LogP contribution in [0.1, 0.15) is 5.56 Å². The highest BCUT2D eigenvalue weighted by Crippen LogP contribution is 2.51. The number of rotatable bonds is 0. The number of fused-ring (bicyclic) bond motifs is 3. The Labute approximate surface area is 99.2 Å². The molecule has 86 valence electrons. The van der Waals surface area contributed by atoms with Crippen LogP contribution in [0.4, 0.5) is 0 Å². The third-order valence-electron chi connectivity index (χ3n) is 2.86. The third kappa shape index (κ3) is 1.59. The van der Waals surface area contributed by atoms with Gasteiger partial charge in [0.2, 0.25) is 0 Å². The second-order valence-electron chi connectivity index (χ2n) is 4.13. The molecule has 3 nitrogen and oxygen atoms in total. The van der Waals surface area contributed by atoms with Crippen LogP contribution in [0.25, 0.3) is 11.1 Å². The van der Waals surface area contributed by atoms with E-state index in [9.17, 15) is 9.46 Å². The van der Waals surface area contributed by atoms with Crippen molar-refractivity contribution in [3.63, 3.8) is 0 Å². The molecule has 17 heavy (non-hydrogen) atoms. The Morgan fingerprint density at radius 1 is 1.12 bits per heavy atom. The van der Waals surface area contributed by atoms with Crippen molar-refractivity contribution in [2.75, 3.05) is 0 Å². The van der Waals surface area contributed by atoms with Crippen LogP contribution in [-0.4, -0.2) is 4.89 Å². The van der Waals surface area contributed by atoms with Crippen molar-refractivity contribution in [2.45, 2.75) is 6.92 Å². The van der Waals surface area contributed by atoms with Crippen molar-refractivity contribution in [3.05, 3.63) is 48.0 Å². The van der Waals surface area contributed by atoms with E-state index >= 15 is 0 Å². The first-order valence-corrected chi connectivity index (χ1v) is 6.89. The van der Waals surface area contributed by atoms with Gasteiger partial charge < -0.3 is 9.42 Å². The van der Waals surface area contributed by atoms with Gasteiger partial charge in [-0.1, -0.05) is 30.3 Å². The van der Waals surface area contributed by atoms with Crippen LogP contribution in [0, 0.1) is 6.92 Å². The summed E-state index contributed by atoms with van der Waals surface area (Å²) in [5, 5.41) is 0.372. The normalized spacial score (nSPS) is 21.3. The van der Waals surface area contributed by atoms with Crippen molar-refractivity contribution < 1.29 is 14.0 Å². The average molecular weight is 246 g/mol. The van der Waals surface area contributed by atoms with Gasteiger partial charge in [-0.25, -0.2) is 4.57 Å². The van der Waals surface area contributed by atoms with Gasteiger partial charge in [0.15, 0.2) is 0 Å². The average Bonchev–Trinajstić information content (AvgIpc) is 2.28. The lowest BCUT2D eigenvalue weighted by Gasteiger charge is -2.24. The second kappa shape index (κ2) is 3.46. The molecule has 0 saturated carbocycles. The van der Waals surface area contributed by atoms with E-state index in [1.807, 2.05) is 31.2 Å². The number of hydrogen-bond acceptors (Lipinski definition) is 2. The van der Waals surface area contributed by atoms with Crippen LogP contribution in [0.3, 0.4) is 0 Å². The van der Waals surface area contributed by atoms with Gasteiger partial charge in [0.25, 0.3) is 0 Å². The molecule has 1 heterocycles. The summed E-state index contributed by atoms with van der Waals surface area (Å²) in [6, 6.07) is 12.7. The zero-order valence-electron chi connectivity index (χ0n) is 9.25. The lowest BCUT2D eigenvalue weighted by molar-refractivity contribution is 0.392. The monoisotopic (exact) mass is 246 g/mol. The summed E-state index contributed by atoms with van der Waals surface area (Å²) in [6.07, 6.45) is 0. The minimum absolute atomic E-state index is 0.372. The molecule has 0 aromatic heterocycles. The quantitative estimate of drug-likeness (QED) is 0.727. The van der Waals surface area contributed by atoms with E-state index in [-0.39, 0.29) is 0 Å². The predicted molar refractivity (Wildman–Crippen MR) is 66.7 cm³/mol. The maximum atomic E-state index is 12.1. The van der Waals surface area contributed by atoms with Crippen LogP contribution in [0.2, 0.25) is 0 Å². The van der Waals surface area contributed by atoms with Crippen LogP contribution < -0.4 is 9.83 Å². The fourth-order valence-corrected chi connectivity index (χ4v) is 3.35. The Hall–Kier alpha value is -1.57. The molecule has 0 fully saturated rings. The SMILES string of the molecule is Cc1ccc2c(c1)OP(=O)(O)c1ccccc1-2.